The number of aromatic nitrogens is 1. The Labute approximate surface area is 353 Å². The zero-order chi connectivity index (χ0) is 40.0. The van der Waals surface area contributed by atoms with Crippen LogP contribution in [-0.4, -0.2) is 4.98 Å². The second-order valence-electron chi connectivity index (χ2n) is 17.8. The Morgan fingerprint density at radius 1 is 0.617 bits per heavy atom. The third-order valence-electron chi connectivity index (χ3n) is 14.1. The maximum atomic E-state index is 6.30. The highest BCUT2D eigenvalue weighted by Gasteiger charge is 2.45. The van der Waals surface area contributed by atoms with E-state index >= 15 is 0 Å². The van der Waals surface area contributed by atoms with Gasteiger partial charge in [-0.15, -0.1) is 0 Å². The highest BCUT2D eigenvalue weighted by atomic mass is 16.5. The Bertz CT molecular complexity index is 2810. The molecule has 5 aromatic rings. The highest BCUT2D eigenvalue weighted by Crippen LogP contribution is 2.56. The lowest BCUT2D eigenvalue weighted by Gasteiger charge is -2.37. The normalized spacial score (nSPS) is 21.6. The van der Waals surface area contributed by atoms with Crippen molar-refractivity contribution in [2.45, 2.75) is 57.8 Å². The van der Waals surface area contributed by atoms with Gasteiger partial charge in [-0.25, -0.2) is 4.98 Å². The number of benzene rings is 4. The number of pyridine rings is 1. The van der Waals surface area contributed by atoms with Crippen molar-refractivity contribution in [3.8, 4) is 11.5 Å². The Morgan fingerprint density at radius 2 is 1.23 bits per heavy atom. The summed E-state index contributed by atoms with van der Waals surface area (Å²) in [6.07, 6.45) is 28.1. The van der Waals surface area contributed by atoms with E-state index < -0.39 is 0 Å². The van der Waals surface area contributed by atoms with E-state index in [0.29, 0.717) is 11.8 Å². The van der Waals surface area contributed by atoms with Gasteiger partial charge in [0.15, 0.2) is 11.5 Å². The molecule has 2 aliphatic heterocycles. The van der Waals surface area contributed by atoms with E-state index in [9.17, 15) is 0 Å². The number of hydrogen-bond donors (Lipinski definition) is 0. The van der Waals surface area contributed by atoms with E-state index in [1.165, 1.54) is 68.2 Å². The van der Waals surface area contributed by atoms with E-state index in [1.54, 1.807) is 11.1 Å². The van der Waals surface area contributed by atoms with Crippen LogP contribution in [0.25, 0.3) is 17.7 Å². The van der Waals surface area contributed by atoms with E-state index in [-0.39, 0.29) is 5.41 Å². The van der Waals surface area contributed by atoms with Crippen LogP contribution in [0.5, 0.6) is 11.5 Å². The van der Waals surface area contributed by atoms with Gasteiger partial charge >= 0.3 is 0 Å². The third kappa shape index (κ3) is 5.61. The van der Waals surface area contributed by atoms with Gasteiger partial charge in [0.1, 0.15) is 5.82 Å². The third-order valence-corrected chi connectivity index (χ3v) is 14.1. The van der Waals surface area contributed by atoms with Crippen molar-refractivity contribution in [3.63, 3.8) is 0 Å². The Morgan fingerprint density at radius 3 is 1.93 bits per heavy atom. The monoisotopic (exact) mass is 777 g/mol. The molecule has 60 heavy (non-hydrogen) atoms. The smallest absolute Gasteiger partial charge is 0.151 e. The Hall–Kier alpha value is -6.65. The standard InChI is InChI=1S/C56H47N3O/c1-56(2)47-34-37(22-29-45(47)46-31-32-54(57-55(46)56)59-50-15-7-9-17-52(50)60-53-18-10-8-16-51(53)59)20-19-36-21-28-43-40(33-36)25-26-41-35-42(27-30-44(41)43)58-48-13-5-3-11-38(48)23-24-39-12-4-6-14-49(39)58/h3-24,28-29,31-32,35,40,47H,25-27,30,33-34H2,1-2H3. The Kier molecular flexibility index (Phi) is 8.07. The number of ether oxygens (including phenoxy) is 1. The summed E-state index contributed by atoms with van der Waals surface area (Å²) in [5.41, 5.74) is 19.8. The van der Waals surface area contributed by atoms with Gasteiger partial charge in [0.05, 0.1) is 28.4 Å². The van der Waals surface area contributed by atoms with E-state index in [4.69, 9.17) is 9.72 Å². The van der Waals surface area contributed by atoms with Gasteiger partial charge < -0.3 is 9.64 Å². The molecule has 292 valence electrons. The average molecular weight is 778 g/mol. The molecule has 7 aliphatic rings. The quantitative estimate of drug-likeness (QED) is 0.178. The minimum absolute atomic E-state index is 0.115. The fourth-order valence-corrected chi connectivity index (χ4v) is 11.0. The van der Waals surface area contributed by atoms with Crippen LogP contribution in [0.1, 0.15) is 74.8 Å². The largest absolute Gasteiger partial charge is 0.453 e. The van der Waals surface area contributed by atoms with Crippen LogP contribution >= 0.6 is 0 Å². The van der Waals surface area contributed by atoms with Crippen molar-refractivity contribution >= 4 is 46.3 Å². The molecule has 4 aromatic carbocycles. The van der Waals surface area contributed by atoms with Crippen molar-refractivity contribution in [2.75, 3.05) is 9.80 Å². The number of hydrogen-bond acceptors (Lipinski definition) is 4. The molecule has 2 atom stereocenters. The van der Waals surface area contributed by atoms with Gasteiger partial charge in [-0.1, -0.05) is 123 Å². The second-order valence-corrected chi connectivity index (χ2v) is 17.8. The molecule has 0 saturated carbocycles. The maximum Gasteiger partial charge on any atom is 0.151 e. The van der Waals surface area contributed by atoms with Gasteiger partial charge in [0.2, 0.25) is 0 Å². The van der Waals surface area contributed by atoms with Crippen molar-refractivity contribution in [1.82, 2.24) is 4.98 Å². The van der Waals surface area contributed by atoms with Crippen LogP contribution in [0, 0.1) is 11.8 Å². The molecular formula is C56H47N3O. The van der Waals surface area contributed by atoms with Crippen LogP contribution in [-0.2, 0) is 5.41 Å². The van der Waals surface area contributed by atoms with E-state index in [0.717, 1.165) is 60.8 Å². The molecular weight excluding hydrogens is 731 g/mol. The number of para-hydroxylation sites is 6. The molecule has 1 aromatic heterocycles. The lowest BCUT2D eigenvalue weighted by atomic mass is 9.71. The van der Waals surface area contributed by atoms with Gasteiger partial charge in [-0.2, -0.15) is 0 Å². The van der Waals surface area contributed by atoms with Crippen LogP contribution < -0.4 is 14.5 Å². The number of anilines is 5. The summed E-state index contributed by atoms with van der Waals surface area (Å²) in [5.74, 6) is 3.58. The van der Waals surface area contributed by atoms with E-state index in [1.807, 2.05) is 24.3 Å². The average Bonchev–Trinajstić information content (AvgIpc) is 3.39. The first-order chi connectivity index (χ1) is 29.5. The van der Waals surface area contributed by atoms with Crippen LogP contribution in [0.3, 0.4) is 0 Å². The summed E-state index contributed by atoms with van der Waals surface area (Å²) >= 11 is 0. The molecule has 0 N–H and O–H groups in total. The predicted octanol–water partition coefficient (Wildman–Crippen LogP) is 14.8. The zero-order valence-electron chi connectivity index (χ0n) is 34.2. The summed E-state index contributed by atoms with van der Waals surface area (Å²) in [6.45, 7) is 4.77. The van der Waals surface area contributed by atoms with Crippen LogP contribution in [0.4, 0.5) is 28.6 Å². The second kappa shape index (κ2) is 13.7. The minimum Gasteiger partial charge on any atom is -0.453 e. The first kappa shape index (κ1) is 35.3. The van der Waals surface area contributed by atoms with Gasteiger partial charge in [0.25, 0.3) is 0 Å². The molecule has 0 spiro atoms. The zero-order valence-corrected chi connectivity index (χ0v) is 34.2. The first-order valence-electron chi connectivity index (χ1n) is 21.7. The number of allylic oxidation sites excluding steroid dienone is 14. The summed E-state index contributed by atoms with van der Waals surface area (Å²) in [5, 5.41) is 0. The molecule has 0 radical (unpaired) electrons. The molecule has 0 bridgehead atoms. The fourth-order valence-electron chi connectivity index (χ4n) is 11.0. The lowest BCUT2D eigenvalue weighted by Crippen LogP contribution is -2.26. The van der Waals surface area contributed by atoms with Gasteiger partial charge in [0, 0.05) is 16.7 Å². The molecule has 5 aliphatic carbocycles. The van der Waals surface area contributed by atoms with Gasteiger partial charge in [-0.05, 0) is 150 Å². The van der Waals surface area contributed by atoms with Crippen molar-refractivity contribution in [1.29, 1.82) is 0 Å². The van der Waals surface area contributed by atoms with Crippen LogP contribution in [0.15, 0.2) is 185 Å². The minimum atomic E-state index is -0.115. The molecule has 12 rings (SSSR count). The first-order valence-corrected chi connectivity index (χ1v) is 21.7. The summed E-state index contributed by atoms with van der Waals surface area (Å²) < 4.78 is 6.30. The summed E-state index contributed by atoms with van der Waals surface area (Å²) in [7, 11) is 0. The lowest BCUT2D eigenvalue weighted by molar-refractivity contribution is 0.401. The van der Waals surface area contributed by atoms with Crippen LogP contribution in [0.2, 0.25) is 0 Å². The highest BCUT2D eigenvalue weighted by molar-refractivity contribution is 5.91. The SMILES string of the molecule is CC1(C)c2nc(N3c4ccccc4Oc4ccccc43)ccc2C2=CC=C(C=CC3=CC=C4C5=C(C=C(N6c7ccccc7C=Cc7ccccc76)CC5)CCC4C3)CC21. The molecule has 0 saturated heterocycles. The summed E-state index contributed by atoms with van der Waals surface area (Å²) in [6, 6.07) is 38.6. The van der Waals surface area contributed by atoms with Gasteiger partial charge in [-0.3, -0.25) is 4.90 Å². The molecule has 0 amide bonds. The molecule has 4 nitrogen and oxygen atoms in total. The summed E-state index contributed by atoms with van der Waals surface area (Å²) in [4.78, 5) is 10.3. The Balaban J connectivity index is 0.797. The molecule has 3 heterocycles. The number of fused-ring (bicyclic) bond motifs is 9. The molecule has 4 heteroatoms. The van der Waals surface area contributed by atoms with E-state index in [2.05, 4.69) is 163 Å². The topological polar surface area (TPSA) is 28.6 Å². The maximum absolute atomic E-state index is 6.30. The fraction of sp³-hybridized carbons (Fsp3) is 0.196. The number of rotatable bonds is 4. The molecule has 0 fully saturated rings. The van der Waals surface area contributed by atoms with Crippen molar-refractivity contribution < 1.29 is 4.74 Å². The predicted molar refractivity (Wildman–Crippen MR) is 247 cm³/mol. The van der Waals surface area contributed by atoms with Crippen molar-refractivity contribution in [3.05, 3.63) is 208 Å². The molecule has 2 unspecified atom stereocenters. The number of nitrogens with zero attached hydrogens (tertiary/aromatic N) is 3. The van der Waals surface area contributed by atoms with Crippen molar-refractivity contribution in [2.24, 2.45) is 11.8 Å².